The van der Waals surface area contributed by atoms with Crippen molar-refractivity contribution in [2.24, 2.45) is 0 Å². The molecule has 0 bridgehead atoms. The number of hydrogen-bond acceptors (Lipinski definition) is 7. The monoisotopic (exact) mass is 651 g/mol. The van der Waals surface area contributed by atoms with E-state index in [1.807, 2.05) is 18.2 Å². The molecule has 2 heterocycles. The molecule has 48 heavy (non-hydrogen) atoms. The highest BCUT2D eigenvalue weighted by molar-refractivity contribution is 5.87. The van der Waals surface area contributed by atoms with E-state index in [1.165, 1.54) is 23.8 Å². The first-order valence-electron chi connectivity index (χ1n) is 16.4. The number of fused-ring (bicyclic) bond motifs is 1. The van der Waals surface area contributed by atoms with Crippen LogP contribution in [-0.4, -0.2) is 58.5 Å². The van der Waals surface area contributed by atoms with E-state index >= 15 is 0 Å². The molecule has 0 unspecified atom stereocenters. The topological polar surface area (TPSA) is 118 Å². The van der Waals surface area contributed by atoms with Gasteiger partial charge in [0.1, 0.15) is 23.1 Å². The quantitative estimate of drug-likeness (QED) is 0.106. The van der Waals surface area contributed by atoms with Crippen molar-refractivity contribution in [3.63, 3.8) is 0 Å². The van der Waals surface area contributed by atoms with E-state index in [0.29, 0.717) is 34.6 Å². The van der Waals surface area contributed by atoms with Gasteiger partial charge in [0.25, 0.3) is 0 Å². The third kappa shape index (κ3) is 7.23. The first kappa shape index (κ1) is 33.2. The molecule has 1 aliphatic heterocycles. The maximum Gasteiger partial charge on any atom is 0.248 e. The number of hydrogen-bond donors (Lipinski definition) is 5. The van der Waals surface area contributed by atoms with Crippen molar-refractivity contribution < 1.29 is 24.4 Å². The van der Waals surface area contributed by atoms with Gasteiger partial charge >= 0.3 is 0 Å². The summed E-state index contributed by atoms with van der Waals surface area (Å²) in [4.78, 5) is 16.6. The number of aromatic nitrogens is 1. The lowest BCUT2D eigenvalue weighted by Crippen LogP contribution is -2.41. The number of aromatic amines is 1. The van der Waals surface area contributed by atoms with Crippen LogP contribution in [0.15, 0.2) is 95.8 Å². The summed E-state index contributed by atoms with van der Waals surface area (Å²) in [6.07, 6.45) is 2.42. The Kier molecular flexibility index (Phi) is 10.1. The number of nitrogens with zero attached hydrogens (tertiary/aromatic N) is 1. The van der Waals surface area contributed by atoms with Gasteiger partial charge in [0, 0.05) is 47.2 Å². The summed E-state index contributed by atoms with van der Waals surface area (Å²) >= 11 is 0. The number of likely N-dealkylation sites (tertiary alicyclic amines) is 1. The molecular weight excluding hydrogens is 609 g/mol. The molecule has 0 radical (unpaired) electrons. The average Bonchev–Trinajstić information content (AvgIpc) is 3.09. The number of ether oxygens (including phenoxy) is 1. The summed E-state index contributed by atoms with van der Waals surface area (Å²) in [5.41, 5.74) is 3.99. The van der Waals surface area contributed by atoms with E-state index in [-0.39, 0.29) is 35.3 Å². The Morgan fingerprint density at radius 3 is 2.50 bits per heavy atom. The molecule has 1 saturated heterocycles. The minimum absolute atomic E-state index is 0.0785. The molecule has 6 rings (SSSR count). The van der Waals surface area contributed by atoms with Crippen molar-refractivity contribution in [2.75, 3.05) is 33.3 Å². The van der Waals surface area contributed by atoms with Crippen molar-refractivity contribution >= 4 is 10.9 Å². The summed E-state index contributed by atoms with van der Waals surface area (Å²) in [6.45, 7) is 2.67. The van der Waals surface area contributed by atoms with Crippen LogP contribution < -0.4 is 15.6 Å². The molecule has 9 heteroatoms. The Morgan fingerprint density at radius 1 is 0.958 bits per heavy atom. The molecule has 0 amide bonds. The number of phenolic OH excluding ortho intramolecular Hbond substituents is 2. The van der Waals surface area contributed by atoms with Crippen LogP contribution in [0.5, 0.6) is 17.2 Å². The first-order valence-corrected chi connectivity index (χ1v) is 16.4. The van der Waals surface area contributed by atoms with Crippen molar-refractivity contribution in [1.29, 1.82) is 0 Å². The zero-order valence-electron chi connectivity index (χ0n) is 27.1. The minimum Gasteiger partial charge on any atom is -0.508 e. The minimum atomic E-state index is -0.942. The summed E-state index contributed by atoms with van der Waals surface area (Å²) in [5, 5.41) is 35.5. The number of benzene rings is 4. The summed E-state index contributed by atoms with van der Waals surface area (Å²) < 4.78 is 20.8. The lowest BCUT2D eigenvalue weighted by molar-refractivity contribution is 0.175. The number of phenols is 2. The molecule has 1 atom stereocenters. The van der Waals surface area contributed by atoms with Gasteiger partial charge in [-0.15, -0.1) is 0 Å². The van der Waals surface area contributed by atoms with Crippen LogP contribution in [0.4, 0.5) is 4.39 Å². The highest BCUT2D eigenvalue weighted by atomic mass is 19.1. The van der Waals surface area contributed by atoms with E-state index in [4.69, 9.17) is 4.74 Å². The Balaban J connectivity index is 1.02. The van der Waals surface area contributed by atoms with E-state index in [1.54, 1.807) is 24.3 Å². The zero-order valence-corrected chi connectivity index (χ0v) is 27.1. The molecule has 1 aromatic heterocycles. The molecular formula is C39H42FN3O5. The maximum absolute atomic E-state index is 15.0. The van der Waals surface area contributed by atoms with E-state index < -0.39 is 11.9 Å². The van der Waals surface area contributed by atoms with Gasteiger partial charge in [-0.05, 0) is 86.8 Å². The number of nitrogens with one attached hydrogen (secondary N) is 2. The van der Waals surface area contributed by atoms with Crippen LogP contribution in [0.2, 0.25) is 0 Å². The van der Waals surface area contributed by atoms with Crippen LogP contribution in [0.1, 0.15) is 53.2 Å². The van der Waals surface area contributed by atoms with Gasteiger partial charge in [0.2, 0.25) is 5.56 Å². The lowest BCUT2D eigenvalue weighted by Gasteiger charge is -2.42. The number of pyridine rings is 1. The SMILES string of the molecule is CN1CCC(c2ccccc2)(c2cc(CCCOc3ccc(CNC[C@H](O)c4ccc(O)c5[nH]c(=O)ccc45)c(F)c3)ccc2O)CC1. The third-order valence-corrected chi connectivity index (χ3v) is 9.57. The van der Waals surface area contributed by atoms with Gasteiger partial charge in [-0.25, -0.2) is 4.39 Å². The number of halogens is 1. The zero-order chi connectivity index (χ0) is 33.7. The Morgan fingerprint density at radius 2 is 1.73 bits per heavy atom. The second-order valence-corrected chi connectivity index (χ2v) is 12.7. The largest absolute Gasteiger partial charge is 0.508 e. The molecule has 5 aromatic rings. The van der Waals surface area contributed by atoms with Crippen molar-refractivity contribution in [2.45, 2.75) is 43.7 Å². The third-order valence-electron chi connectivity index (χ3n) is 9.57. The highest BCUT2D eigenvalue weighted by Gasteiger charge is 2.39. The Bertz CT molecular complexity index is 1920. The van der Waals surface area contributed by atoms with Gasteiger partial charge in [-0.2, -0.15) is 0 Å². The first-order chi connectivity index (χ1) is 23.2. The van der Waals surface area contributed by atoms with Crippen LogP contribution in [-0.2, 0) is 18.4 Å². The van der Waals surface area contributed by atoms with Gasteiger partial charge in [0.15, 0.2) is 0 Å². The molecule has 4 aromatic carbocycles. The Labute approximate surface area is 279 Å². The number of aryl methyl sites for hydroxylation is 1. The number of H-pyrrole nitrogens is 1. The maximum atomic E-state index is 15.0. The van der Waals surface area contributed by atoms with Crippen LogP contribution in [0.25, 0.3) is 10.9 Å². The predicted molar refractivity (Wildman–Crippen MR) is 185 cm³/mol. The van der Waals surface area contributed by atoms with Crippen LogP contribution in [0, 0.1) is 5.82 Å². The van der Waals surface area contributed by atoms with Crippen LogP contribution >= 0.6 is 0 Å². The van der Waals surface area contributed by atoms with Crippen molar-refractivity contribution in [3.8, 4) is 17.2 Å². The lowest BCUT2D eigenvalue weighted by atomic mass is 9.67. The number of aliphatic hydroxyl groups excluding tert-OH is 1. The fourth-order valence-corrected chi connectivity index (χ4v) is 6.82. The van der Waals surface area contributed by atoms with Gasteiger partial charge in [0.05, 0.1) is 18.2 Å². The number of aliphatic hydroxyl groups is 1. The predicted octanol–water partition coefficient (Wildman–Crippen LogP) is 5.92. The number of aromatic hydroxyl groups is 2. The second kappa shape index (κ2) is 14.6. The standard InChI is InChI=1S/C39H42FN3O5/c1-43-19-17-39(18-20-43,28-7-3-2-4-8-28)32-22-26(9-14-34(32)44)6-5-21-48-29-11-10-27(33(40)23-29)24-41-25-36(46)30-12-15-35(45)38-31(30)13-16-37(47)42-38/h2-4,7-16,22-23,36,41,44-46H,5-6,17-21,24-25H2,1H3,(H,42,47)/t36-/m0/s1. The number of rotatable bonds is 12. The summed E-state index contributed by atoms with van der Waals surface area (Å²) in [5.74, 6) is 0.288. The van der Waals surface area contributed by atoms with Crippen LogP contribution in [0.3, 0.4) is 0 Å². The molecule has 1 aliphatic rings. The Hall–Kier alpha value is -4.70. The fraction of sp³-hybridized carbons (Fsp3) is 0.308. The summed E-state index contributed by atoms with van der Waals surface area (Å²) in [6, 6.07) is 27.1. The van der Waals surface area contributed by atoms with E-state index in [2.05, 4.69) is 52.6 Å². The molecule has 8 nitrogen and oxygen atoms in total. The van der Waals surface area contributed by atoms with E-state index in [9.17, 15) is 24.5 Å². The van der Waals surface area contributed by atoms with Gasteiger partial charge in [-0.3, -0.25) is 4.79 Å². The highest BCUT2D eigenvalue weighted by Crippen LogP contribution is 2.45. The number of piperidine rings is 1. The average molecular weight is 652 g/mol. The molecule has 0 saturated carbocycles. The normalized spacial score (nSPS) is 15.4. The molecule has 1 fully saturated rings. The van der Waals surface area contributed by atoms with Crippen molar-refractivity contribution in [3.05, 3.63) is 135 Å². The summed E-state index contributed by atoms with van der Waals surface area (Å²) in [7, 11) is 2.14. The molecule has 0 spiro atoms. The fourth-order valence-electron chi connectivity index (χ4n) is 6.82. The second-order valence-electron chi connectivity index (χ2n) is 12.7. The smallest absolute Gasteiger partial charge is 0.248 e. The molecule has 0 aliphatic carbocycles. The molecule has 250 valence electrons. The molecule has 5 N–H and O–H groups in total. The van der Waals surface area contributed by atoms with Gasteiger partial charge in [-0.1, -0.05) is 54.6 Å². The van der Waals surface area contributed by atoms with E-state index in [0.717, 1.165) is 49.9 Å². The van der Waals surface area contributed by atoms with Crippen molar-refractivity contribution in [1.82, 2.24) is 15.2 Å². The van der Waals surface area contributed by atoms with Gasteiger partial charge < -0.3 is 35.3 Å².